The van der Waals surface area contributed by atoms with Crippen molar-refractivity contribution in [2.75, 3.05) is 31.7 Å². The van der Waals surface area contributed by atoms with Gasteiger partial charge in [-0.15, -0.1) is 0 Å². The molecule has 0 amide bonds. The number of carbonyl (C=O) groups excluding carboxylic acids is 1. The Kier molecular flexibility index (Phi) is 4.55. The van der Waals surface area contributed by atoms with Crippen molar-refractivity contribution in [2.45, 2.75) is 20.3 Å². The van der Waals surface area contributed by atoms with Crippen molar-refractivity contribution in [2.24, 2.45) is 0 Å². The zero-order valence-electron chi connectivity index (χ0n) is 12.2. The molecule has 0 atom stereocenters. The van der Waals surface area contributed by atoms with Gasteiger partial charge in [-0.1, -0.05) is 6.08 Å². The van der Waals surface area contributed by atoms with Crippen molar-refractivity contribution in [3.8, 4) is 0 Å². The van der Waals surface area contributed by atoms with Crippen LogP contribution >= 0.6 is 0 Å². The van der Waals surface area contributed by atoms with Crippen LogP contribution in [0.1, 0.15) is 29.3 Å². The number of nitrogens with zero attached hydrogens (tertiary/aromatic N) is 1. The third kappa shape index (κ3) is 3.07. The minimum atomic E-state index is -0.327. The van der Waals surface area contributed by atoms with E-state index in [1.54, 1.807) is 20.1 Å². The van der Waals surface area contributed by atoms with E-state index in [-0.39, 0.29) is 11.6 Å². The molecule has 0 aromatic heterocycles. The topological polar surface area (TPSA) is 29.5 Å². The maximum atomic E-state index is 13.6. The number of rotatable bonds is 4. The molecule has 1 aliphatic rings. The predicted molar refractivity (Wildman–Crippen MR) is 77.9 cm³/mol. The number of hydrogen-bond acceptors (Lipinski definition) is 3. The number of ketones is 1. The average molecular weight is 277 g/mol. The lowest BCUT2D eigenvalue weighted by Crippen LogP contribution is -2.30. The lowest BCUT2D eigenvalue weighted by molar-refractivity contribution is 0.101. The Morgan fingerprint density at radius 1 is 1.45 bits per heavy atom. The second-order valence-corrected chi connectivity index (χ2v) is 5.17. The van der Waals surface area contributed by atoms with Gasteiger partial charge in [0.1, 0.15) is 5.82 Å². The summed E-state index contributed by atoms with van der Waals surface area (Å²) in [5, 5.41) is 0. The van der Waals surface area contributed by atoms with Gasteiger partial charge in [0.05, 0.1) is 6.61 Å². The third-order valence-corrected chi connectivity index (χ3v) is 3.63. The fourth-order valence-electron chi connectivity index (χ4n) is 2.46. The van der Waals surface area contributed by atoms with Crippen LogP contribution in [0.5, 0.6) is 0 Å². The first kappa shape index (κ1) is 14.7. The van der Waals surface area contributed by atoms with Gasteiger partial charge in [-0.3, -0.25) is 4.79 Å². The Morgan fingerprint density at radius 3 is 2.75 bits per heavy atom. The lowest BCUT2D eigenvalue weighted by Gasteiger charge is -2.30. The molecule has 0 fully saturated rings. The van der Waals surface area contributed by atoms with E-state index < -0.39 is 0 Å². The molecule has 0 bridgehead atoms. The summed E-state index contributed by atoms with van der Waals surface area (Å²) in [6, 6.07) is 3.11. The number of Topliss-reactive ketones (excluding diaryl/α,β-unsaturated/α-hetero) is 1. The van der Waals surface area contributed by atoms with E-state index in [0.717, 1.165) is 25.2 Å². The van der Waals surface area contributed by atoms with E-state index in [9.17, 15) is 9.18 Å². The number of anilines is 1. The van der Waals surface area contributed by atoms with Gasteiger partial charge in [-0.2, -0.15) is 0 Å². The second kappa shape index (κ2) is 6.18. The predicted octanol–water partition coefficient (Wildman–Crippen LogP) is 3.12. The van der Waals surface area contributed by atoms with Crippen LogP contribution in [0.2, 0.25) is 0 Å². The molecule has 1 aromatic rings. The maximum absolute atomic E-state index is 13.6. The van der Waals surface area contributed by atoms with Gasteiger partial charge in [-0.05, 0) is 43.5 Å². The van der Waals surface area contributed by atoms with Gasteiger partial charge in [-0.25, -0.2) is 4.39 Å². The molecule has 20 heavy (non-hydrogen) atoms. The summed E-state index contributed by atoms with van der Waals surface area (Å²) in [4.78, 5) is 13.8. The highest BCUT2D eigenvalue weighted by molar-refractivity contribution is 6.00. The maximum Gasteiger partial charge on any atom is 0.161 e. The summed E-state index contributed by atoms with van der Waals surface area (Å²) in [7, 11) is 1.68. The van der Waals surface area contributed by atoms with Crippen molar-refractivity contribution < 1.29 is 13.9 Å². The first-order valence-electron chi connectivity index (χ1n) is 6.75. The number of aryl methyl sites for hydroxylation is 1. The van der Waals surface area contributed by atoms with Gasteiger partial charge in [0.15, 0.2) is 5.78 Å². The summed E-state index contributed by atoms with van der Waals surface area (Å²) < 4.78 is 18.8. The summed E-state index contributed by atoms with van der Waals surface area (Å²) >= 11 is 0. The van der Waals surface area contributed by atoms with Gasteiger partial charge in [0.25, 0.3) is 0 Å². The zero-order chi connectivity index (χ0) is 14.7. The van der Waals surface area contributed by atoms with Crippen molar-refractivity contribution in [3.05, 3.63) is 40.7 Å². The fraction of sp³-hybridized carbons (Fsp3) is 0.438. The minimum Gasteiger partial charge on any atom is -0.380 e. The molecule has 0 saturated heterocycles. The third-order valence-electron chi connectivity index (χ3n) is 3.63. The quantitative estimate of drug-likeness (QED) is 0.625. The van der Waals surface area contributed by atoms with Gasteiger partial charge < -0.3 is 9.64 Å². The van der Waals surface area contributed by atoms with Crippen molar-refractivity contribution in [1.82, 2.24) is 0 Å². The van der Waals surface area contributed by atoms with Crippen LogP contribution in [0.3, 0.4) is 0 Å². The first-order valence-corrected chi connectivity index (χ1v) is 6.75. The Bertz CT molecular complexity index is 552. The number of benzene rings is 1. The second-order valence-electron chi connectivity index (χ2n) is 5.17. The Morgan fingerprint density at radius 2 is 2.20 bits per heavy atom. The van der Waals surface area contributed by atoms with Gasteiger partial charge >= 0.3 is 0 Å². The summed E-state index contributed by atoms with van der Waals surface area (Å²) in [5.41, 5.74) is 3.12. The summed E-state index contributed by atoms with van der Waals surface area (Å²) in [5.74, 6) is -0.433. The van der Waals surface area contributed by atoms with Crippen LogP contribution in [-0.4, -0.2) is 32.6 Å². The normalized spacial score (nSPS) is 15.2. The molecule has 0 unspecified atom stereocenters. The average Bonchev–Trinajstić information content (AvgIpc) is 2.42. The molecule has 1 heterocycles. The number of methoxy groups -OCH3 is 1. The minimum absolute atomic E-state index is 0.106. The van der Waals surface area contributed by atoms with E-state index in [0.29, 0.717) is 17.7 Å². The highest BCUT2D eigenvalue weighted by atomic mass is 19.1. The zero-order valence-corrected chi connectivity index (χ0v) is 12.2. The van der Waals surface area contributed by atoms with Crippen LogP contribution in [0.25, 0.3) is 0 Å². The molecule has 4 heteroatoms. The molecule has 0 radical (unpaired) electrons. The fourth-order valence-corrected chi connectivity index (χ4v) is 2.46. The summed E-state index contributed by atoms with van der Waals surface area (Å²) in [6.45, 7) is 5.39. The smallest absolute Gasteiger partial charge is 0.161 e. The van der Waals surface area contributed by atoms with E-state index in [2.05, 4.69) is 11.0 Å². The molecule has 0 saturated carbocycles. The Hall–Kier alpha value is -1.68. The van der Waals surface area contributed by atoms with E-state index in [1.165, 1.54) is 18.6 Å². The molecule has 0 spiro atoms. The van der Waals surface area contributed by atoms with Gasteiger partial charge in [0.2, 0.25) is 0 Å². The number of hydrogen-bond donors (Lipinski definition) is 0. The molecule has 0 aliphatic carbocycles. The number of ether oxygens (including phenoxy) is 1. The highest BCUT2D eigenvalue weighted by Gasteiger charge is 2.19. The van der Waals surface area contributed by atoms with E-state index in [4.69, 9.17) is 4.74 Å². The summed E-state index contributed by atoms with van der Waals surface area (Å²) in [6.07, 6.45) is 3.03. The van der Waals surface area contributed by atoms with E-state index in [1.807, 2.05) is 0 Å². The molecule has 108 valence electrons. The SMILES string of the molecule is COCC1=CCN(c2cc(C)c(F)cc2C(C)=O)CC1. The molecular weight excluding hydrogens is 257 g/mol. The first-order chi connectivity index (χ1) is 9.52. The molecule has 1 aromatic carbocycles. The van der Waals surface area contributed by atoms with E-state index >= 15 is 0 Å². The van der Waals surface area contributed by atoms with Crippen LogP contribution in [0.4, 0.5) is 10.1 Å². The van der Waals surface area contributed by atoms with Crippen molar-refractivity contribution >= 4 is 11.5 Å². The van der Waals surface area contributed by atoms with Crippen LogP contribution in [0.15, 0.2) is 23.8 Å². The van der Waals surface area contributed by atoms with Gasteiger partial charge in [0, 0.05) is 31.5 Å². The molecule has 1 aliphatic heterocycles. The molecular formula is C16H20FNO2. The Balaban J connectivity index is 2.29. The molecule has 3 nitrogen and oxygen atoms in total. The van der Waals surface area contributed by atoms with Crippen molar-refractivity contribution in [1.29, 1.82) is 0 Å². The van der Waals surface area contributed by atoms with Crippen LogP contribution in [0, 0.1) is 12.7 Å². The highest BCUT2D eigenvalue weighted by Crippen LogP contribution is 2.27. The monoisotopic (exact) mass is 277 g/mol. The van der Waals surface area contributed by atoms with Crippen LogP contribution in [-0.2, 0) is 4.74 Å². The molecule has 2 rings (SSSR count). The largest absolute Gasteiger partial charge is 0.380 e. The standard InChI is InChI=1S/C16H20FNO2/c1-11-8-16(14(12(2)19)9-15(11)17)18-6-4-13(5-7-18)10-20-3/h4,8-9H,5-7,10H2,1-3H3. The number of halogens is 1. The number of carbonyl (C=O) groups is 1. The Labute approximate surface area is 119 Å². The molecule has 0 N–H and O–H groups in total. The lowest BCUT2D eigenvalue weighted by atomic mass is 10.0. The van der Waals surface area contributed by atoms with Crippen LogP contribution < -0.4 is 4.90 Å². The van der Waals surface area contributed by atoms with Crippen molar-refractivity contribution in [3.63, 3.8) is 0 Å².